The summed E-state index contributed by atoms with van der Waals surface area (Å²) in [6.45, 7) is 0.883. The normalized spacial score (nSPS) is 13.5. The van der Waals surface area contributed by atoms with Crippen molar-refractivity contribution in [3.05, 3.63) is 77.9 Å². The molecular weight excluding hydrogens is 362 g/mol. The number of nitrogens with zero attached hydrogens (tertiary/aromatic N) is 2. The molecule has 29 heavy (non-hydrogen) atoms. The molecular formula is C24H21N3O2. The van der Waals surface area contributed by atoms with Gasteiger partial charge < -0.3 is 10.4 Å². The number of hydrogen-bond donors (Lipinski definition) is 2. The quantitative estimate of drug-likeness (QED) is 0.514. The third-order valence-electron chi connectivity index (χ3n) is 5.49. The number of nitrogens with one attached hydrogen (secondary N) is 1. The molecule has 1 aliphatic heterocycles. The van der Waals surface area contributed by atoms with Crippen LogP contribution >= 0.6 is 0 Å². The monoisotopic (exact) mass is 383 g/mol. The Morgan fingerprint density at radius 1 is 0.966 bits per heavy atom. The summed E-state index contributed by atoms with van der Waals surface area (Å²) in [7, 11) is 0. The van der Waals surface area contributed by atoms with Gasteiger partial charge in [-0.05, 0) is 54.3 Å². The number of fused-ring (bicyclic) bond motifs is 2. The molecule has 5 heteroatoms. The number of carbonyl (C=O) groups is 1. The van der Waals surface area contributed by atoms with E-state index in [1.807, 2.05) is 22.9 Å². The van der Waals surface area contributed by atoms with E-state index in [0.717, 1.165) is 48.6 Å². The maximum atomic E-state index is 11.4. The first-order valence-electron chi connectivity index (χ1n) is 9.89. The summed E-state index contributed by atoms with van der Waals surface area (Å²) in [6.07, 6.45) is 3.14. The molecule has 0 saturated heterocycles. The highest BCUT2D eigenvalue weighted by molar-refractivity contribution is 5.89. The highest BCUT2D eigenvalue weighted by Gasteiger charge is 2.22. The van der Waals surface area contributed by atoms with Crippen molar-refractivity contribution in [3.63, 3.8) is 0 Å². The van der Waals surface area contributed by atoms with E-state index >= 15 is 0 Å². The SMILES string of the molecule is O=C(O)c1cccc(-n2nc(-c3ccc4ccccc4c3)c3c2NCCCC3)c1. The van der Waals surface area contributed by atoms with Gasteiger partial charge in [-0.25, -0.2) is 9.48 Å². The molecule has 4 aromatic rings. The van der Waals surface area contributed by atoms with Crippen LogP contribution in [-0.2, 0) is 6.42 Å². The molecule has 2 heterocycles. The van der Waals surface area contributed by atoms with Gasteiger partial charge >= 0.3 is 5.97 Å². The Morgan fingerprint density at radius 2 is 1.83 bits per heavy atom. The van der Waals surface area contributed by atoms with Crippen LogP contribution < -0.4 is 5.32 Å². The van der Waals surface area contributed by atoms with E-state index in [4.69, 9.17) is 5.10 Å². The minimum absolute atomic E-state index is 0.257. The molecule has 0 amide bonds. The Bertz CT molecular complexity index is 1230. The molecule has 5 rings (SSSR count). The van der Waals surface area contributed by atoms with Crippen molar-refractivity contribution in [2.24, 2.45) is 0 Å². The van der Waals surface area contributed by atoms with Crippen molar-refractivity contribution in [1.29, 1.82) is 0 Å². The van der Waals surface area contributed by atoms with Crippen LogP contribution in [0.25, 0.3) is 27.7 Å². The first-order chi connectivity index (χ1) is 14.2. The molecule has 0 radical (unpaired) electrons. The van der Waals surface area contributed by atoms with Gasteiger partial charge in [-0.15, -0.1) is 0 Å². The molecule has 3 aromatic carbocycles. The van der Waals surface area contributed by atoms with Gasteiger partial charge in [-0.2, -0.15) is 5.10 Å². The summed E-state index contributed by atoms with van der Waals surface area (Å²) in [5.74, 6) is 0.0287. The Labute approximate surface area is 168 Å². The summed E-state index contributed by atoms with van der Waals surface area (Å²) in [5, 5.41) is 20.2. The Morgan fingerprint density at radius 3 is 2.69 bits per heavy atom. The first-order valence-corrected chi connectivity index (χ1v) is 9.89. The van der Waals surface area contributed by atoms with Crippen molar-refractivity contribution >= 4 is 22.6 Å². The van der Waals surface area contributed by atoms with Crippen LogP contribution in [0.3, 0.4) is 0 Å². The number of carboxylic acid groups (broad SMARTS) is 1. The van der Waals surface area contributed by atoms with Crippen molar-refractivity contribution in [2.45, 2.75) is 19.3 Å². The number of benzene rings is 3. The largest absolute Gasteiger partial charge is 0.478 e. The molecule has 0 spiro atoms. The zero-order chi connectivity index (χ0) is 19.8. The standard InChI is InChI=1S/C24H21N3O2/c28-24(29)19-8-5-9-20(15-19)27-23-21(10-3-4-13-25-23)22(26-27)18-12-11-16-6-1-2-7-17(16)14-18/h1-2,5-9,11-12,14-15,25H,3-4,10,13H2,(H,28,29). The molecule has 0 bridgehead atoms. The van der Waals surface area contributed by atoms with Crippen molar-refractivity contribution < 1.29 is 9.90 Å². The lowest BCUT2D eigenvalue weighted by molar-refractivity contribution is 0.0697. The predicted molar refractivity (Wildman–Crippen MR) is 115 cm³/mol. The van der Waals surface area contributed by atoms with Crippen LogP contribution in [0.2, 0.25) is 0 Å². The second-order valence-corrected chi connectivity index (χ2v) is 7.39. The number of anilines is 1. The number of carboxylic acids is 1. The maximum Gasteiger partial charge on any atom is 0.335 e. The van der Waals surface area contributed by atoms with Crippen LogP contribution in [0.1, 0.15) is 28.8 Å². The van der Waals surface area contributed by atoms with Gasteiger partial charge in [0.05, 0.1) is 16.9 Å². The molecule has 5 nitrogen and oxygen atoms in total. The fourth-order valence-electron chi connectivity index (χ4n) is 4.03. The predicted octanol–water partition coefficient (Wildman–Crippen LogP) is 5.14. The summed E-state index contributed by atoms with van der Waals surface area (Å²) in [6, 6.07) is 21.7. The minimum atomic E-state index is -0.937. The lowest BCUT2D eigenvalue weighted by Gasteiger charge is -2.09. The Kier molecular flexibility index (Phi) is 4.28. The van der Waals surface area contributed by atoms with Crippen LogP contribution in [0, 0.1) is 0 Å². The van der Waals surface area contributed by atoms with E-state index < -0.39 is 5.97 Å². The maximum absolute atomic E-state index is 11.4. The Balaban J connectivity index is 1.70. The van der Waals surface area contributed by atoms with E-state index in [-0.39, 0.29) is 5.56 Å². The smallest absolute Gasteiger partial charge is 0.335 e. The number of aromatic nitrogens is 2. The van der Waals surface area contributed by atoms with Crippen LogP contribution in [0.5, 0.6) is 0 Å². The molecule has 1 aliphatic rings. The van der Waals surface area contributed by atoms with Crippen molar-refractivity contribution in [2.75, 3.05) is 11.9 Å². The lowest BCUT2D eigenvalue weighted by atomic mass is 10.0. The molecule has 0 saturated carbocycles. The molecule has 144 valence electrons. The van der Waals surface area contributed by atoms with Crippen molar-refractivity contribution in [1.82, 2.24) is 9.78 Å². The average molecular weight is 383 g/mol. The number of hydrogen-bond acceptors (Lipinski definition) is 3. The van der Waals surface area contributed by atoms with Gasteiger partial charge in [-0.1, -0.05) is 42.5 Å². The van der Waals surface area contributed by atoms with Gasteiger partial charge in [0.1, 0.15) is 5.82 Å². The number of aromatic carboxylic acids is 1. The van der Waals surface area contributed by atoms with E-state index in [1.165, 1.54) is 16.3 Å². The lowest BCUT2D eigenvalue weighted by Crippen LogP contribution is -2.08. The van der Waals surface area contributed by atoms with E-state index in [2.05, 4.69) is 35.6 Å². The van der Waals surface area contributed by atoms with E-state index in [0.29, 0.717) is 0 Å². The second-order valence-electron chi connectivity index (χ2n) is 7.39. The van der Waals surface area contributed by atoms with Gasteiger partial charge in [-0.3, -0.25) is 0 Å². The second kappa shape index (κ2) is 7.09. The van der Waals surface area contributed by atoms with Gasteiger partial charge in [0.15, 0.2) is 0 Å². The van der Waals surface area contributed by atoms with Gasteiger partial charge in [0.2, 0.25) is 0 Å². The molecule has 0 atom stereocenters. The van der Waals surface area contributed by atoms with Gasteiger partial charge in [0, 0.05) is 17.7 Å². The van der Waals surface area contributed by atoms with E-state index in [9.17, 15) is 9.90 Å². The molecule has 0 fully saturated rings. The third-order valence-corrected chi connectivity index (χ3v) is 5.49. The summed E-state index contributed by atoms with van der Waals surface area (Å²) in [4.78, 5) is 11.4. The van der Waals surface area contributed by atoms with Crippen molar-refractivity contribution in [3.8, 4) is 16.9 Å². The van der Waals surface area contributed by atoms with Crippen LogP contribution in [-0.4, -0.2) is 27.4 Å². The van der Waals surface area contributed by atoms with Crippen LogP contribution in [0.4, 0.5) is 5.82 Å². The minimum Gasteiger partial charge on any atom is -0.478 e. The highest BCUT2D eigenvalue weighted by atomic mass is 16.4. The Hall–Kier alpha value is -3.60. The average Bonchev–Trinajstić information content (AvgIpc) is 2.94. The fraction of sp³-hybridized carbons (Fsp3) is 0.167. The van der Waals surface area contributed by atoms with Gasteiger partial charge in [0.25, 0.3) is 0 Å². The topological polar surface area (TPSA) is 67.1 Å². The number of rotatable bonds is 3. The zero-order valence-corrected chi connectivity index (χ0v) is 15.9. The highest BCUT2D eigenvalue weighted by Crippen LogP contribution is 2.35. The summed E-state index contributed by atoms with van der Waals surface area (Å²) in [5.41, 5.74) is 4.24. The van der Waals surface area contributed by atoms with Crippen LogP contribution in [0.15, 0.2) is 66.7 Å². The molecule has 2 N–H and O–H groups in total. The third kappa shape index (κ3) is 3.14. The molecule has 1 aromatic heterocycles. The summed E-state index contributed by atoms with van der Waals surface area (Å²) >= 11 is 0. The molecule has 0 aliphatic carbocycles. The first kappa shape index (κ1) is 17.5. The fourth-order valence-corrected chi connectivity index (χ4v) is 4.03. The molecule has 0 unspecified atom stereocenters. The zero-order valence-electron chi connectivity index (χ0n) is 15.9. The summed E-state index contributed by atoms with van der Waals surface area (Å²) < 4.78 is 1.86. The van der Waals surface area contributed by atoms with E-state index in [1.54, 1.807) is 18.2 Å².